The fourth-order valence-electron chi connectivity index (χ4n) is 5.32. The number of nitrogens with zero attached hydrogens (tertiary/aromatic N) is 4. The third-order valence-electron chi connectivity index (χ3n) is 7.44. The SMILES string of the molecule is c1ccc(-c2cc(-c3ccccn3)nc(OC[C@H]3C[C@@H](c4ccc(CN5CCCC5)cc4)C3)n2)cc1. The van der Waals surface area contributed by atoms with E-state index in [1.807, 2.05) is 42.5 Å². The van der Waals surface area contributed by atoms with Crippen molar-refractivity contribution in [2.24, 2.45) is 5.92 Å². The van der Waals surface area contributed by atoms with Crippen LogP contribution in [0.1, 0.15) is 42.7 Å². The molecular formula is C31H32N4O. The van der Waals surface area contributed by atoms with Crippen LogP contribution in [-0.4, -0.2) is 39.5 Å². The number of rotatable bonds is 8. The molecule has 2 fully saturated rings. The molecule has 0 bridgehead atoms. The summed E-state index contributed by atoms with van der Waals surface area (Å²) in [5.74, 6) is 1.15. The van der Waals surface area contributed by atoms with Crippen LogP contribution in [0.5, 0.6) is 6.01 Å². The topological polar surface area (TPSA) is 51.1 Å². The summed E-state index contributed by atoms with van der Waals surface area (Å²) in [6.45, 7) is 4.22. The summed E-state index contributed by atoms with van der Waals surface area (Å²) in [7, 11) is 0. The van der Waals surface area contributed by atoms with Crippen molar-refractivity contribution in [2.75, 3.05) is 19.7 Å². The first-order chi connectivity index (χ1) is 17.8. The number of hydrogen-bond acceptors (Lipinski definition) is 5. The Balaban J connectivity index is 1.09. The van der Waals surface area contributed by atoms with E-state index < -0.39 is 0 Å². The van der Waals surface area contributed by atoms with Crippen LogP contribution in [0.15, 0.2) is 85.1 Å². The summed E-state index contributed by atoms with van der Waals surface area (Å²) in [6, 6.07) is 27.7. The van der Waals surface area contributed by atoms with Crippen molar-refractivity contribution in [2.45, 2.75) is 38.1 Å². The Kier molecular flexibility index (Phi) is 6.72. The molecule has 2 aromatic carbocycles. The highest BCUT2D eigenvalue weighted by molar-refractivity contribution is 5.66. The molecule has 2 aliphatic rings. The van der Waals surface area contributed by atoms with Gasteiger partial charge in [-0.1, -0.05) is 60.7 Å². The molecule has 1 aliphatic carbocycles. The normalized spacial score (nSPS) is 19.7. The zero-order valence-electron chi connectivity index (χ0n) is 20.6. The lowest BCUT2D eigenvalue weighted by Gasteiger charge is -2.35. The number of likely N-dealkylation sites (tertiary alicyclic amines) is 1. The molecule has 182 valence electrons. The quantitative estimate of drug-likeness (QED) is 0.296. The van der Waals surface area contributed by atoms with Crippen molar-refractivity contribution in [3.63, 3.8) is 0 Å². The maximum absolute atomic E-state index is 6.16. The highest BCUT2D eigenvalue weighted by Crippen LogP contribution is 2.42. The molecule has 36 heavy (non-hydrogen) atoms. The van der Waals surface area contributed by atoms with E-state index in [2.05, 4.69) is 51.3 Å². The molecule has 5 nitrogen and oxygen atoms in total. The summed E-state index contributed by atoms with van der Waals surface area (Å²) in [4.78, 5) is 16.4. The Labute approximate surface area is 213 Å². The van der Waals surface area contributed by atoms with E-state index in [1.54, 1.807) is 6.20 Å². The predicted octanol–water partition coefficient (Wildman–Crippen LogP) is 6.37. The molecule has 0 amide bonds. The van der Waals surface area contributed by atoms with Gasteiger partial charge >= 0.3 is 6.01 Å². The first-order valence-corrected chi connectivity index (χ1v) is 13.1. The average Bonchev–Trinajstić information content (AvgIpc) is 3.43. The van der Waals surface area contributed by atoms with E-state index in [0.717, 1.165) is 42.0 Å². The minimum absolute atomic E-state index is 0.423. The minimum Gasteiger partial charge on any atom is -0.463 e. The lowest BCUT2D eigenvalue weighted by atomic mass is 9.72. The van der Waals surface area contributed by atoms with Gasteiger partial charge in [0.25, 0.3) is 0 Å². The van der Waals surface area contributed by atoms with E-state index >= 15 is 0 Å². The van der Waals surface area contributed by atoms with Gasteiger partial charge < -0.3 is 4.74 Å². The second-order valence-corrected chi connectivity index (χ2v) is 10.1. The second kappa shape index (κ2) is 10.6. The van der Waals surface area contributed by atoms with Crippen LogP contribution in [0.4, 0.5) is 0 Å². The van der Waals surface area contributed by atoms with Gasteiger partial charge in [0.2, 0.25) is 0 Å². The van der Waals surface area contributed by atoms with Gasteiger partial charge in [-0.05, 0) is 79.9 Å². The molecule has 6 rings (SSSR count). The molecule has 4 aromatic rings. The van der Waals surface area contributed by atoms with E-state index in [0.29, 0.717) is 24.5 Å². The van der Waals surface area contributed by atoms with E-state index in [1.165, 1.54) is 37.1 Å². The maximum Gasteiger partial charge on any atom is 0.317 e. The largest absolute Gasteiger partial charge is 0.463 e. The van der Waals surface area contributed by atoms with Crippen molar-refractivity contribution in [3.8, 4) is 28.7 Å². The van der Waals surface area contributed by atoms with Crippen LogP contribution in [0.3, 0.4) is 0 Å². The van der Waals surface area contributed by atoms with Crippen LogP contribution in [0.25, 0.3) is 22.6 Å². The summed E-state index contributed by atoms with van der Waals surface area (Å²) >= 11 is 0. The summed E-state index contributed by atoms with van der Waals surface area (Å²) in [5, 5.41) is 0. The third-order valence-corrected chi connectivity index (χ3v) is 7.44. The zero-order valence-corrected chi connectivity index (χ0v) is 20.6. The molecule has 0 spiro atoms. The van der Waals surface area contributed by atoms with Crippen molar-refractivity contribution >= 4 is 0 Å². The zero-order chi connectivity index (χ0) is 24.2. The van der Waals surface area contributed by atoms with Gasteiger partial charge in [-0.2, -0.15) is 9.97 Å². The van der Waals surface area contributed by atoms with Crippen LogP contribution in [0.2, 0.25) is 0 Å². The first-order valence-electron chi connectivity index (χ1n) is 13.1. The fraction of sp³-hybridized carbons (Fsp3) is 0.323. The lowest BCUT2D eigenvalue weighted by molar-refractivity contribution is 0.149. The molecule has 1 aliphatic heterocycles. The Morgan fingerprint density at radius 3 is 2.28 bits per heavy atom. The number of ether oxygens (including phenoxy) is 1. The van der Waals surface area contributed by atoms with Crippen LogP contribution in [-0.2, 0) is 6.54 Å². The van der Waals surface area contributed by atoms with E-state index in [9.17, 15) is 0 Å². The third kappa shape index (κ3) is 5.31. The molecule has 3 heterocycles. The van der Waals surface area contributed by atoms with Gasteiger partial charge in [0.05, 0.1) is 23.7 Å². The van der Waals surface area contributed by atoms with Crippen LogP contribution in [0, 0.1) is 5.92 Å². The smallest absolute Gasteiger partial charge is 0.317 e. The first kappa shape index (κ1) is 22.9. The molecule has 1 saturated carbocycles. The van der Waals surface area contributed by atoms with Gasteiger partial charge in [-0.3, -0.25) is 9.88 Å². The van der Waals surface area contributed by atoms with Gasteiger partial charge in [-0.15, -0.1) is 0 Å². The Morgan fingerprint density at radius 1 is 0.778 bits per heavy atom. The van der Waals surface area contributed by atoms with E-state index in [-0.39, 0.29) is 0 Å². The maximum atomic E-state index is 6.16. The van der Waals surface area contributed by atoms with Gasteiger partial charge in [0.1, 0.15) is 0 Å². The highest BCUT2D eigenvalue weighted by atomic mass is 16.5. The molecule has 0 atom stereocenters. The molecule has 0 radical (unpaired) electrons. The predicted molar refractivity (Wildman–Crippen MR) is 143 cm³/mol. The average molecular weight is 477 g/mol. The lowest BCUT2D eigenvalue weighted by Crippen LogP contribution is -2.27. The summed E-state index contributed by atoms with van der Waals surface area (Å²) < 4.78 is 6.16. The van der Waals surface area contributed by atoms with E-state index in [4.69, 9.17) is 9.72 Å². The Bertz CT molecular complexity index is 1210. The Hall–Kier alpha value is -3.57. The summed E-state index contributed by atoms with van der Waals surface area (Å²) in [6.07, 6.45) is 6.77. The monoisotopic (exact) mass is 476 g/mol. The number of pyridine rings is 1. The fourth-order valence-corrected chi connectivity index (χ4v) is 5.32. The molecule has 0 unspecified atom stereocenters. The molecule has 1 saturated heterocycles. The molecular weight excluding hydrogens is 444 g/mol. The molecule has 0 N–H and O–H groups in total. The van der Waals surface area contributed by atoms with Crippen LogP contribution >= 0.6 is 0 Å². The molecule has 5 heteroatoms. The summed E-state index contributed by atoms with van der Waals surface area (Å²) in [5.41, 5.74) is 6.37. The van der Waals surface area contributed by atoms with Crippen LogP contribution < -0.4 is 4.74 Å². The standard InChI is InChI=1S/C31H32N4O/c1-2-8-26(9-3-1)29-20-30(28-10-4-5-15-32-28)34-31(33-29)36-22-24-18-27(19-24)25-13-11-23(12-14-25)21-35-16-6-7-17-35/h1-5,8-15,20,24,27H,6-7,16-19,21-22H2/t24-,27+. The Morgan fingerprint density at radius 2 is 1.53 bits per heavy atom. The number of aromatic nitrogens is 3. The van der Waals surface area contributed by atoms with Crippen molar-refractivity contribution in [1.82, 2.24) is 19.9 Å². The van der Waals surface area contributed by atoms with Crippen molar-refractivity contribution in [3.05, 3.63) is 96.2 Å². The number of hydrogen-bond donors (Lipinski definition) is 0. The highest BCUT2D eigenvalue weighted by Gasteiger charge is 2.31. The van der Waals surface area contributed by atoms with Crippen molar-refractivity contribution in [1.29, 1.82) is 0 Å². The minimum atomic E-state index is 0.423. The number of benzene rings is 2. The van der Waals surface area contributed by atoms with Gasteiger partial charge in [0, 0.05) is 18.3 Å². The van der Waals surface area contributed by atoms with Crippen molar-refractivity contribution < 1.29 is 4.74 Å². The second-order valence-electron chi connectivity index (χ2n) is 10.1. The molecule has 2 aromatic heterocycles. The van der Waals surface area contributed by atoms with Gasteiger partial charge in [-0.25, -0.2) is 0 Å². The van der Waals surface area contributed by atoms with Gasteiger partial charge in [0.15, 0.2) is 0 Å².